The van der Waals surface area contributed by atoms with Gasteiger partial charge >= 0.3 is 0 Å². The highest BCUT2D eigenvalue weighted by Crippen LogP contribution is 2.16. The predicted octanol–water partition coefficient (Wildman–Crippen LogP) is 1.70. The summed E-state index contributed by atoms with van der Waals surface area (Å²) < 4.78 is 1.06. The van der Waals surface area contributed by atoms with Gasteiger partial charge in [-0.3, -0.25) is 0 Å². The number of aromatic nitrogens is 1. The molecule has 1 aromatic heterocycles. The number of nitrogens with two attached hydrogens (primary N) is 1. The van der Waals surface area contributed by atoms with E-state index in [0.29, 0.717) is 5.69 Å². The largest absolute Gasteiger partial charge is 0.396 e. The van der Waals surface area contributed by atoms with Crippen LogP contribution < -0.4 is 11.1 Å². The van der Waals surface area contributed by atoms with Gasteiger partial charge in [-0.25, -0.2) is 4.98 Å². The van der Waals surface area contributed by atoms with Gasteiger partial charge in [0, 0.05) is 16.3 Å². The van der Waals surface area contributed by atoms with Crippen molar-refractivity contribution in [2.24, 2.45) is 0 Å². The zero-order chi connectivity index (χ0) is 8.27. The lowest BCUT2D eigenvalue weighted by molar-refractivity contribution is 1.16. The number of nitrogen functional groups attached to an aromatic ring is 1. The van der Waals surface area contributed by atoms with E-state index in [9.17, 15) is 0 Å². The molecule has 1 heterocycles. The fourth-order valence-corrected chi connectivity index (χ4v) is 1.24. The molecule has 3 nitrogen and oxygen atoms in total. The summed E-state index contributed by atoms with van der Waals surface area (Å²) in [5.41, 5.74) is 6.38. The first-order valence-electron chi connectivity index (χ1n) is 3.39. The van der Waals surface area contributed by atoms with Crippen LogP contribution in [0.2, 0.25) is 0 Å². The third kappa shape index (κ3) is 2.21. The van der Waals surface area contributed by atoms with Crippen LogP contribution in [-0.4, -0.2) is 11.5 Å². The molecule has 0 aromatic carbocycles. The maximum absolute atomic E-state index is 5.68. The maximum Gasteiger partial charge on any atom is 0.149 e. The van der Waals surface area contributed by atoms with E-state index in [1.165, 1.54) is 0 Å². The lowest BCUT2D eigenvalue weighted by Gasteiger charge is -2.04. The fourth-order valence-electron chi connectivity index (χ4n) is 0.770. The first-order chi connectivity index (χ1) is 5.24. The minimum Gasteiger partial charge on any atom is -0.396 e. The van der Waals surface area contributed by atoms with Gasteiger partial charge in [-0.15, -0.1) is 0 Å². The molecule has 0 saturated heterocycles. The normalized spacial score (nSPS) is 9.64. The van der Waals surface area contributed by atoms with Crippen LogP contribution in [0.15, 0.2) is 12.3 Å². The monoisotopic (exact) mass is 263 g/mol. The van der Waals surface area contributed by atoms with Crippen molar-refractivity contribution < 1.29 is 0 Å². The molecular weight excluding hydrogens is 253 g/mol. The molecular formula is C7H10IN3. The molecule has 0 aliphatic heterocycles. The van der Waals surface area contributed by atoms with Gasteiger partial charge < -0.3 is 11.1 Å². The van der Waals surface area contributed by atoms with Crippen molar-refractivity contribution in [1.29, 1.82) is 0 Å². The Balaban J connectivity index is 2.90. The Morgan fingerprint density at radius 1 is 1.73 bits per heavy atom. The molecule has 1 rings (SSSR count). The molecule has 0 aliphatic carbocycles. The first kappa shape index (κ1) is 8.58. The summed E-state index contributed by atoms with van der Waals surface area (Å²) in [6, 6.07) is 1.89. The zero-order valence-electron chi connectivity index (χ0n) is 6.26. The first-order valence-corrected chi connectivity index (χ1v) is 4.46. The summed E-state index contributed by atoms with van der Waals surface area (Å²) in [6.07, 6.45) is 1.79. The van der Waals surface area contributed by atoms with Crippen molar-refractivity contribution in [3.63, 3.8) is 0 Å². The lowest BCUT2D eigenvalue weighted by Crippen LogP contribution is -2.03. The topological polar surface area (TPSA) is 50.9 Å². The number of nitrogens with one attached hydrogen (secondary N) is 1. The number of anilines is 2. The van der Waals surface area contributed by atoms with Gasteiger partial charge in [0.25, 0.3) is 0 Å². The van der Waals surface area contributed by atoms with E-state index in [4.69, 9.17) is 5.73 Å². The smallest absolute Gasteiger partial charge is 0.149 e. The van der Waals surface area contributed by atoms with E-state index in [-0.39, 0.29) is 0 Å². The van der Waals surface area contributed by atoms with E-state index < -0.39 is 0 Å². The Kier molecular flexibility index (Phi) is 2.92. The average molecular weight is 263 g/mol. The van der Waals surface area contributed by atoms with Crippen molar-refractivity contribution >= 4 is 34.1 Å². The van der Waals surface area contributed by atoms with Crippen LogP contribution in [0.5, 0.6) is 0 Å². The molecule has 0 aliphatic rings. The number of rotatable bonds is 2. The van der Waals surface area contributed by atoms with Crippen LogP contribution in [0.25, 0.3) is 0 Å². The minimum atomic E-state index is 0.707. The number of halogens is 1. The van der Waals surface area contributed by atoms with E-state index >= 15 is 0 Å². The van der Waals surface area contributed by atoms with Gasteiger partial charge in [-0.2, -0.15) is 0 Å². The second kappa shape index (κ2) is 3.75. The molecule has 0 unspecified atom stereocenters. The van der Waals surface area contributed by atoms with E-state index in [1.807, 2.05) is 13.0 Å². The van der Waals surface area contributed by atoms with Gasteiger partial charge in [-0.1, -0.05) is 0 Å². The Morgan fingerprint density at radius 2 is 2.45 bits per heavy atom. The van der Waals surface area contributed by atoms with Gasteiger partial charge in [0.2, 0.25) is 0 Å². The lowest BCUT2D eigenvalue weighted by atomic mass is 10.4. The quantitative estimate of drug-likeness (QED) is 0.798. The van der Waals surface area contributed by atoms with Gasteiger partial charge in [-0.05, 0) is 35.6 Å². The van der Waals surface area contributed by atoms with Crippen molar-refractivity contribution in [3.8, 4) is 0 Å². The zero-order valence-corrected chi connectivity index (χ0v) is 8.42. The molecule has 0 radical (unpaired) electrons. The molecule has 0 saturated carbocycles. The maximum atomic E-state index is 5.68. The van der Waals surface area contributed by atoms with Crippen molar-refractivity contribution in [3.05, 3.63) is 15.8 Å². The summed E-state index contributed by atoms with van der Waals surface area (Å²) >= 11 is 2.18. The van der Waals surface area contributed by atoms with Crippen LogP contribution in [0.3, 0.4) is 0 Å². The summed E-state index contributed by atoms with van der Waals surface area (Å²) in [5, 5.41) is 3.06. The standard InChI is InChI=1S/C7H10IN3/c1-2-10-7-6(9)3-5(8)4-11-7/h3-4H,2,9H2,1H3,(H,10,11). The highest BCUT2D eigenvalue weighted by molar-refractivity contribution is 14.1. The van der Waals surface area contributed by atoms with Crippen LogP contribution >= 0.6 is 22.6 Å². The summed E-state index contributed by atoms with van der Waals surface area (Å²) in [5.74, 6) is 0.771. The Hall–Kier alpha value is -0.520. The Morgan fingerprint density at radius 3 is 3.00 bits per heavy atom. The summed E-state index contributed by atoms with van der Waals surface area (Å²) in [7, 11) is 0. The molecule has 60 valence electrons. The number of hydrogen-bond acceptors (Lipinski definition) is 3. The minimum absolute atomic E-state index is 0.707. The summed E-state index contributed by atoms with van der Waals surface area (Å²) in [6.45, 7) is 2.86. The summed E-state index contributed by atoms with van der Waals surface area (Å²) in [4.78, 5) is 4.12. The molecule has 4 heteroatoms. The van der Waals surface area contributed by atoms with Crippen molar-refractivity contribution in [2.75, 3.05) is 17.6 Å². The highest BCUT2D eigenvalue weighted by Gasteiger charge is 1.97. The molecule has 0 bridgehead atoms. The third-order valence-corrected chi connectivity index (χ3v) is 1.82. The average Bonchev–Trinajstić information content (AvgIpc) is 1.95. The van der Waals surface area contributed by atoms with Crippen LogP contribution in [-0.2, 0) is 0 Å². The fraction of sp³-hybridized carbons (Fsp3) is 0.286. The van der Waals surface area contributed by atoms with Crippen LogP contribution in [0, 0.1) is 3.57 Å². The SMILES string of the molecule is CCNc1ncc(I)cc1N. The van der Waals surface area contributed by atoms with Crippen molar-refractivity contribution in [1.82, 2.24) is 4.98 Å². The second-order valence-corrected chi connectivity index (χ2v) is 3.37. The van der Waals surface area contributed by atoms with Gasteiger partial charge in [0.05, 0.1) is 5.69 Å². The molecule has 1 aromatic rings. The number of hydrogen-bond donors (Lipinski definition) is 2. The molecule has 11 heavy (non-hydrogen) atoms. The Labute approximate surface area is 79.5 Å². The Bertz CT molecular complexity index is 249. The van der Waals surface area contributed by atoms with Crippen LogP contribution in [0.1, 0.15) is 6.92 Å². The molecule has 0 amide bonds. The van der Waals surface area contributed by atoms with Gasteiger partial charge in [0.1, 0.15) is 5.82 Å². The predicted molar refractivity (Wildman–Crippen MR) is 55.5 cm³/mol. The van der Waals surface area contributed by atoms with E-state index in [1.54, 1.807) is 6.20 Å². The molecule has 3 N–H and O–H groups in total. The van der Waals surface area contributed by atoms with E-state index in [0.717, 1.165) is 15.9 Å². The second-order valence-electron chi connectivity index (χ2n) is 2.12. The number of nitrogens with zero attached hydrogens (tertiary/aromatic N) is 1. The third-order valence-electron chi connectivity index (χ3n) is 1.23. The molecule has 0 atom stereocenters. The molecule has 0 spiro atoms. The molecule has 0 fully saturated rings. The number of pyridine rings is 1. The van der Waals surface area contributed by atoms with Crippen LogP contribution in [0.4, 0.5) is 11.5 Å². The highest BCUT2D eigenvalue weighted by atomic mass is 127. The van der Waals surface area contributed by atoms with Gasteiger partial charge in [0.15, 0.2) is 0 Å². The van der Waals surface area contributed by atoms with Crippen molar-refractivity contribution in [2.45, 2.75) is 6.92 Å². The van der Waals surface area contributed by atoms with E-state index in [2.05, 4.69) is 32.9 Å².